The number of methoxy groups -OCH3 is 3. The van der Waals surface area contributed by atoms with Gasteiger partial charge in [0.2, 0.25) is 5.75 Å². The van der Waals surface area contributed by atoms with Gasteiger partial charge in [-0.25, -0.2) is 4.79 Å². The molecule has 0 aliphatic heterocycles. The van der Waals surface area contributed by atoms with Crippen LogP contribution in [0.5, 0.6) is 17.2 Å². The minimum Gasteiger partial charge on any atom is -0.493 e. The van der Waals surface area contributed by atoms with Gasteiger partial charge < -0.3 is 19.2 Å². The highest BCUT2D eigenvalue weighted by molar-refractivity contribution is 6.07. The summed E-state index contributed by atoms with van der Waals surface area (Å²) in [6.45, 7) is 4.08. The van der Waals surface area contributed by atoms with Gasteiger partial charge >= 0.3 is 5.69 Å². The van der Waals surface area contributed by atoms with Crippen LogP contribution in [0.4, 0.5) is 0 Å². The molecule has 0 fully saturated rings. The maximum absolute atomic E-state index is 13.0. The number of allylic oxidation sites excluding steroid dienone is 1. The molecule has 36 heavy (non-hydrogen) atoms. The molecular weight excluding hydrogens is 456 g/mol. The third-order valence-electron chi connectivity index (χ3n) is 6.08. The lowest BCUT2D eigenvalue weighted by molar-refractivity contribution is 0.104. The minimum absolute atomic E-state index is 0.207. The summed E-state index contributed by atoms with van der Waals surface area (Å²) in [5, 5.41) is 0. The van der Waals surface area contributed by atoms with E-state index in [9.17, 15) is 9.59 Å². The van der Waals surface area contributed by atoms with Crippen LogP contribution in [0.25, 0.3) is 23.0 Å². The smallest absolute Gasteiger partial charge is 0.330 e. The fraction of sp³-hybridized carbons (Fsp3) is 0.172. The number of nitrogens with one attached hydrogen (secondary N) is 1. The normalized spacial score (nSPS) is 11.0. The Labute approximate surface area is 209 Å². The second-order valence-corrected chi connectivity index (χ2v) is 8.32. The summed E-state index contributed by atoms with van der Waals surface area (Å²) < 4.78 is 17.7. The SMILES string of the molecule is COc1cc(C=CC(=O)c2cccc(-n3c(-c4ccc(C)c(C)c4)c[nH]c3=O)c2)cc(OC)c1OC. The Morgan fingerprint density at radius 1 is 0.889 bits per heavy atom. The molecule has 4 rings (SSSR count). The van der Waals surface area contributed by atoms with Crippen LogP contribution in [0.2, 0.25) is 0 Å². The Hall–Kier alpha value is -4.52. The molecule has 7 heteroatoms. The molecule has 0 bridgehead atoms. The Kier molecular flexibility index (Phi) is 7.10. The van der Waals surface area contributed by atoms with E-state index in [4.69, 9.17) is 14.2 Å². The van der Waals surface area contributed by atoms with Gasteiger partial charge in [0.15, 0.2) is 17.3 Å². The molecule has 0 saturated carbocycles. The lowest BCUT2D eigenvalue weighted by Gasteiger charge is -2.12. The molecule has 0 unspecified atom stereocenters. The zero-order valence-electron chi connectivity index (χ0n) is 20.9. The number of carbonyl (C=O) groups excluding carboxylic acids is 1. The zero-order chi connectivity index (χ0) is 25.8. The molecule has 4 aromatic rings. The monoisotopic (exact) mass is 484 g/mol. The number of ether oxygens (including phenoxy) is 3. The highest BCUT2D eigenvalue weighted by Crippen LogP contribution is 2.38. The fourth-order valence-electron chi connectivity index (χ4n) is 4.00. The number of hydrogen-bond donors (Lipinski definition) is 1. The summed E-state index contributed by atoms with van der Waals surface area (Å²) in [6, 6.07) is 16.6. The number of imidazole rings is 1. The van der Waals surface area contributed by atoms with Gasteiger partial charge in [0, 0.05) is 17.3 Å². The predicted octanol–water partition coefficient (Wildman–Crippen LogP) is 5.37. The van der Waals surface area contributed by atoms with E-state index in [0.717, 1.165) is 16.8 Å². The largest absolute Gasteiger partial charge is 0.493 e. The average Bonchev–Trinajstić information content (AvgIpc) is 3.29. The van der Waals surface area contributed by atoms with Crippen molar-refractivity contribution in [2.45, 2.75) is 13.8 Å². The summed E-state index contributed by atoms with van der Waals surface area (Å²) in [5.41, 5.74) is 5.44. The molecule has 0 spiro atoms. The Bertz CT molecular complexity index is 1490. The number of nitrogens with zero attached hydrogens (tertiary/aromatic N) is 1. The molecule has 1 aromatic heterocycles. The van der Waals surface area contributed by atoms with Crippen molar-refractivity contribution < 1.29 is 19.0 Å². The summed E-state index contributed by atoms with van der Waals surface area (Å²) >= 11 is 0. The summed E-state index contributed by atoms with van der Waals surface area (Å²) in [7, 11) is 4.61. The number of aromatic nitrogens is 2. The van der Waals surface area contributed by atoms with Crippen LogP contribution >= 0.6 is 0 Å². The van der Waals surface area contributed by atoms with E-state index in [1.54, 1.807) is 53.2 Å². The predicted molar refractivity (Wildman–Crippen MR) is 141 cm³/mol. The van der Waals surface area contributed by atoms with Gasteiger partial charge in [-0.2, -0.15) is 0 Å². The highest BCUT2D eigenvalue weighted by Gasteiger charge is 2.14. The van der Waals surface area contributed by atoms with Crippen LogP contribution in [0, 0.1) is 13.8 Å². The second kappa shape index (κ2) is 10.4. The van der Waals surface area contributed by atoms with Crippen molar-refractivity contribution in [1.29, 1.82) is 0 Å². The van der Waals surface area contributed by atoms with E-state index in [1.807, 2.05) is 32.0 Å². The van der Waals surface area contributed by atoms with Gasteiger partial charge in [-0.1, -0.05) is 30.3 Å². The van der Waals surface area contributed by atoms with Gasteiger partial charge in [0.1, 0.15) is 0 Å². The Balaban J connectivity index is 1.67. The zero-order valence-corrected chi connectivity index (χ0v) is 20.9. The number of rotatable bonds is 8. The maximum atomic E-state index is 13.0. The minimum atomic E-state index is -0.277. The molecule has 184 valence electrons. The first-order valence-corrected chi connectivity index (χ1v) is 11.4. The number of benzene rings is 3. The van der Waals surface area contributed by atoms with Gasteiger partial charge in [-0.05, 0) is 66.9 Å². The van der Waals surface area contributed by atoms with E-state index in [2.05, 4.69) is 4.98 Å². The van der Waals surface area contributed by atoms with Crippen molar-refractivity contribution in [3.05, 3.63) is 99.6 Å². The van der Waals surface area contributed by atoms with E-state index in [-0.39, 0.29) is 11.5 Å². The van der Waals surface area contributed by atoms with Gasteiger partial charge in [0.05, 0.1) is 32.7 Å². The topological polar surface area (TPSA) is 82.6 Å². The molecule has 7 nitrogen and oxygen atoms in total. The standard InChI is InChI=1S/C29H28N2O5/c1-18-9-11-21(13-19(18)2)24-17-30-29(33)31(24)23-8-6-7-22(16-23)25(32)12-10-20-14-26(34-3)28(36-5)27(15-20)35-4/h6-17H,1-5H3,(H,30,33). The Morgan fingerprint density at radius 2 is 1.61 bits per heavy atom. The quantitative estimate of drug-likeness (QED) is 0.269. The Morgan fingerprint density at radius 3 is 2.25 bits per heavy atom. The number of H-pyrrole nitrogens is 1. The van der Waals surface area contributed by atoms with E-state index >= 15 is 0 Å². The molecule has 0 radical (unpaired) electrons. The molecule has 1 N–H and O–H groups in total. The van der Waals surface area contributed by atoms with Gasteiger partial charge in [-0.3, -0.25) is 9.36 Å². The first-order chi connectivity index (χ1) is 17.4. The number of carbonyl (C=O) groups is 1. The summed E-state index contributed by atoms with van der Waals surface area (Å²) in [6.07, 6.45) is 4.84. The van der Waals surface area contributed by atoms with Crippen LogP contribution in [-0.4, -0.2) is 36.7 Å². The van der Waals surface area contributed by atoms with Crippen LogP contribution in [0.3, 0.4) is 0 Å². The van der Waals surface area contributed by atoms with Crippen LogP contribution in [0.1, 0.15) is 27.0 Å². The van der Waals surface area contributed by atoms with E-state index in [1.165, 1.54) is 33.0 Å². The maximum Gasteiger partial charge on any atom is 0.330 e. The fourth-order valence-corrected chi connectivity index (χ4v) is 4.00. The van der Waals surface area contributed by atoms with Gasteiger partial charge in [-0.15, -0.1) is 0 Å². The second-order valence-electron chi connectivity index (χ2n) is 8.32. The van der Waals surface area contributed by atoms with Crippen molar-refractivity contribution in [2.24, 2.45) is 0 Å². The molecule has 1 heterocycles. The molecule has 0 aliphatic rings. The van der Waals surface area contributed by atoms with Crippen LogP contribution in [0.15, 0.2) is 71.7 Å². The van der Waals surface area contributed by atoms with Crippen molar-refractivity contribution in [1.82, 2.24) is 9.55 Å². The number of hydrogen-bond acceptors (Lipinski definition) is 5. The number of aryl methyl sites for hydroxylation is 2. The number of aromatic amines is 1. The third-order valence-corrected chi connectivity index (χ3v) is 6.08. The van der Waals surface area contributed by atoms with Crippen molar-refractivity contribution in [3.63, 3.8) is 0 Å². The van der Waals surface area contributed by atoms with Crippen LogP contribution in [-0.2, 0) is 0 Å². The number of ketones is 1. The molecule has 3 aromatic carbocycles. The first kappa shape index (κ1) is 24.6. The molecule has 0 aliphatic carbocycles. The van der Waals surface area contributed by atoms with E-state index in [0.29, 0.717) is 34.1 Å². The molecule has 0 atom stereocenters. The average molecular weight is 485 g/mol. The lowest BCUT2D eigenvalue weighted by atomic mass is 10.0. The van der Waals surface area contributed by atoms with Gasteiger partial charge in [0.25, 0.3) is 0 Å². The first-order valence-electron chi connectivity index (χ1n) is 11.4. The lowest BCUT2D eigenvalue weighted by Crippen LogP contribution is -2.16. The van der Waals surface area contributed by atoms with Crippen LogP contribution < -0.4 is 19.9 Å². The highest BCUT2D eigenvalue weighted by atomic mass is 16.5. The summed E-state index contributed by atoms with van der Waals surface area (Å²) in [5.74, 6) is 1.27. The third kappa shape index (κ3) is 4.81. The summed E-state index contributed by atoms with van der Waals surface area (Å²) in [4.78, 5) is 28.5. The van der Waals surface area contributed by atoms with E-state index < -0.39 is 0 Å². The molecule has 0 saturated heterocycles. The van der Waals surface area contributed by atoms with Crippen molar-refractivity contribution >= 4 is 11.9 Å². The van der Waals surface area contributed by atoms with Crippen molar-refractivity contribution in [2.75, 3.05) is 21.3 Å². The molecular formula is C29H28N2O5. The molecule has 0 amide bonds. The van der Waals surface area contributed by atoms with Crippen molar-refractivity contribution in [3.8, 4) is 34.2 Å².